The van der Waals surface area contributed by atoms with E-state index in [4.69, 9.17) is 5.11 Å². The standard InChI is InChI=1S/C8H6F2N2O3/c9-6(10)7(13)12-5-2-1-4(3-11-5)8(14)15/h1-3,6H,(H,14,15)(H,11,12,13). The summed E-state index contributed by atoms with van der Waals surface area (Å²) < 4.78 is 23.6. The smallest absolute Gasteiger partial charge is 0.337 e. The van der Waals surface area contributed by atoms with Crippen LogP contribution in [-0.2, 0) is 4.79 Å². The number of amides is 1. The van der Waals surface area contributed by atoms with E-state index in [2.05, 4.69) is 4.98 Å². The van der Waals surface area contributed by atoms with Crippen LogP contribution in [0.4, 0.5) is 14.6 Å². The van der Waals surface area contributed by atoms with Gasteiger partial charge in [0.05, 0.1) is 5.56 Å². The third kappa shape index (κ3) is 2.97. The summed E-state index contributed by atoms with van der Waals surface area (Å²) in [4.78, 5) is 24.4. The molecule has 0 aromatic carbocycles. The molecule has 15 heavy (non-hydrogen) atoms. The molecule has 0 saturated heterocycles. The first kappa shape index (κ1) is 11.0. The van der Waals surface area contributed by atoms with Crippen LogP contribution in [0.25, 0.3) is 0 Å². The summed E-state index contributed by atoms with van der Waals surface area (Å²) >= 11 is 0. The van der Waals surface area contributed by atoms with Crippen LogP contribution in [0.15, 0.2) is 18.3 Å². The first-order valence-corrected chi connectivity index (χ1v) is 3.79. The molecule has 0 radical (unpaired) electrons. The number of pyridine rings is 1. The number of alkyl halides is 2. The van der Waals surface area contributed by atoms with Crippen molar-refractivity contribution >= 4 is 17.7 Å². The van der Waals surface area contributed by atoms with Gasteiger partial charge >= 0.3 is 12.4 Å². The van der Waals surface area contributed by atoms with Crippen LogP contribution in [0.2, 0.25) is 0 Å². The molecule has 0 fully saturated rings. The predicted octanol–water partition coefficient (Wildman–Crippen LogP) is 0.983. The fourth-order valence-corrected chi connectivity index (χ4v) is 0.775. The van der Waals surface area contributed by atoms with E-state index >= 15 is 0 Å². The minimum Gasteiger partial charge on any atom is -0.478 e. The summed E-state index contributed by atoms with van der Waals surface area (Å²) in [6.07, 6.45) is -2.17. The lowest BCUT2D eigenvalue weighted by Gasteiger charge is -2.02. The highest BCUT2D eigenvalue weighted by atomic mass is 19.3. The number of anilines is 1. The highest BCUT2D eigenvalue weighted by Crippen LogP contribution is 2.06. The van der Waals surface area contributed by atoms with Crippen molar-refractivity contribution in [3.8, 4) is 0 Å². The fourth-order valence-electron chi connectivity index (χ4n) is 0.775. The van der Waals surface area contributed by atoms with Gasteiger partial charge in [-0.05, 0) is 12.1 Å². The Hall–Kier alpha value is -2.05. The Kier molecular flexibility index (Phi) is 3.27. The summed E-state index contributed by atoms with van der Waals surface area (Å²) in [6.45, 7) is 0. The molecule has 5 nitrogen and oxygen atoms in total. The molecule has 0 bridgehead atoms. The summed E-state index contributed by atoms with van der Waals surface area (Å²) in [5, 5.41) is 10.3. The number of nitrogens with one attached hydrogen (secondary N) is 1. The van der Waals surface area contributed by atoms with Crippen molar-refractivity contribution < 1.29 is 23.5 Å². The van der Waals surface area contributed by atoms with E-state index in [1.807, 2.05) is 5.32 Å². The molecule has 0 aliphatic rings. The quantitative estimate of drug-likeness (QED) is 0.789. The maximum absolute atomic E-state index is 11.8. The third-order valence-electron chi connectivity index (χ3n) is 1.46. The molecule has 0 atom stereocenters. The first-order valence-electron chi connectivity index (χ1n) is 3.79. The monoisotopic (exact) mass is 216 g/mol. The van der Waals surface area contributed by atoms with Gasteiger partial charge in [0.2, 0.25) is 0 Å². The molecule has 0 aliphatic heterocycles. The SMILES string of the molecule is O=C(O)c1ccc(NC(=O)C(F)F)nc1. The van der Waals surface area contributed by atoms with Gasteiger partial charge in [0, 0.05) is 6.20 Å². The lowest BCUT2D eigenvalue weighted by Crippen LogP contribution is -2.20. The summed E-state index contributed by atoms with van der Waals surface area (Å²) in [6, 6.07) is 2.28. The van der Waals surface area contributed by atoms with Crippen molar-refractivity contribution in [1.82, 2.24) is 4.98 Å². The molecular formula is C8H6F2N2O3. The average Bonchev–Trinajstić information content (AvgIpc) is 2.18. The van der Waals surface area contributed by atoms with Gasteiger partial charge < -0.3 is 10.4 Å². The number of carboxylic acids is 1. The van der Waals surface area contributed by atoms with E-state index in [0.717, 1.165) is 18.3 Å². The van der Waals surface area contributed by atoms with Gasteiger partial charge in [-0.1, -0.05) is 0 Å². The largest absolute Gasteiger partial charge is 0.478 e. The number of carbonyl (C=O) groups is 2. The number of carbonyl (C=O) groups excluding carboxylic acids is 1. The van der Waals surface area contributed by atoms with Crippen LogP contribution in [0.3, 0.4) is 0 Å². The second kappa shape index (κ2) is 4.45. The molecule has 1 amide bonds. The van der Waals surface area contributed by atoms with Gasteiger partial charge in [0.1, 0.15) is 5.82 Å². The number of rotatable bonds is 3. The molecular weight excluding hydrogens is 210 g/mol. The Morgan fingerprint density at radius 3 is 2.47 bits per heavy atom. The van der Waals surface area contributed by atoms with E-state index in [0.29, 0.717) is 0 Å². The van der Waals surface area contributed by atoms with Crippen molar-refractivity contribution in [3.63, 3.8) is 0 Å². The predicted molar refractivity (Wildman–Crippen MR) is 45.8 cm³/mol. The first-order chi connectivity index (χ1) is 7.00. The van der Waals surface area contributed by atoms with Crippen LogP contribution in [0.1, 0.15) is 10.4 Å². The number of halogens is 2. The van der Waals surface area contributed by atoms with Crippen LogP contribution in [-0.4, -0.2) is 28.4 Å². The molecule has 2 N–H and O–H groups in total. The van der Waals surface area contributed by atoms with E-state index < -0.39 is 18.3 Å². The Morgan fingerprint density at radius 2 is 2.07 bits per heavy atom. The number of hydrogen-bond donors (Lipinski definition) is 2. The zero-order valence-corrected chi connectivity index (χ0v) is 7.28. The van der Waals surface area contributed by atoms with Gasteiger partial charge in [-0.3, -0.25) is 4.79 Å². The van der Waals surface area contributed by atoms with E-state index in [1.165, 1.54) is 0 Å². The number of carboxylic acid groups (broad SMARTS) is 1. The zero-order valence-electron chi connectivity index (χ0n) is 7.28. The van der Waals surface area contributed by atoms with Gasteiger partial charge in [0.15, 0.2) is 0 Å². The van der Waals surface area contributed by atoms with Gasteiger partial charge in [-0.2, -0.15) is 8.78 Å². The molecule has 0 spiro atoms. The average molecular weight is 216 g/mol. The second-order valence-electron chi connectivity index (χ2n) is 2.53. The van der Waals surface area contributed by atoms with E-state index in [9.17, 15) is 18.4 Å². The molecule has 1 rings (SSSR count). The number of aromatic carboxylic acids is 1. The van der Waals surface area contributed by atoms with Crippen LogP contribution in [0, 0.1) is 0 Å². The van der Waals surface area contributed by atoms with Gasteiger partial charge in [-0.15, -0.1) is 0 Å². The molecule has 0 aliphatic carbocycles. The van der Waals surface area contributed by atoms with Gasteiger partial charge in [-0.25, -0.2) is 9.78 Å². The summed E-state index contributed by atoms with van der Waals surface area (Å²) in [5.74, 6) is -2.79. The molecule has 0 saturated carbocycles. The highest BCUT2D eigenvalue weighted by molar-refractivity contribution is 5.92. The van der Waals surface area contributed by atoms with E-state index in [1.54, 1.807) is 0 Å². The number of hydrogen-bond acceptors (Lipinski definition) is 3. The lowest BCUT2D eigenvalue weighted by molar-refractivity contribution is -0.126. The Labute approximate surface area is 82.7 Å². The molecule has 0 unspecified atom stereocenters. The Morgan fingerprint density at radius 1 is 1.40 bits per heavy atom. The minimum atomic E-state index is -3.13. The minimum absolute atomic E-state index is 0.0926. The van der Waals surface area contributed by atoms with Crippen LogP contribution >= 0.6 is 0 Å². The van der Waals surface area contributed by atoms with Crippen molar-refractivity contribution in [2.24, 2.45) is 0 Å². The molecule has 80 valence electrons. The third-order valence-corrected chi connectivity index (χ3v) is 1.46. The van der Waals surface area contributed by atoms with E-state index in [-0.39, 0.29) is 11.4 Å². The molecule has 1 aromatic heterocycles. The molecule has 1 heterocycles. The van der Waals surface area contributed by atoms with Gasteiger partial charge in [0.25, 0.3) is 5.91 Å². The maximum Gasteiger partial charge on any atom is 0.337 e. The fraction of sp³-hybridized carbons (Fsp3) is 0.125. The van der Waals surface area contributed by atoms with Crippen LogP contribution in [0.5, 0.6) is 0 Å². The summed E-state index contributed by atoms with van der Waals surface area (Å²) in [7, 11) is 0. The maximum atomic E-state index is 11.8. The van der Waals surface area contributed by atoms with Crippen molar-refractivity contribution in [2.75, 3.05) is 5.32 Å². The topological polar surface area (TPSA) is 79.3 Å². The van der Waals surface area contributed by atoms with Crippen molar-refractivity contribution in [2.45, 2.75) is 6.43 Å². The Balaban J connectivity index is 2.73. The zero-order chi connectivity index (χ0) is 11.4. The van der Waals surface area contributed by atoms with Crippen LogP contribution < -0.4 is 5.32 Å². The number of nitrogens with zero attached hydrogens (tertiary/aromatic N) is 1. The van der Waals surface area contributed by atoms with Crippen molar-refractivity contribution in [1.29, 1.82) is 0 Å². The Bertz CT molecular complexity index is 378. The molecule has 7 heteroatoms. The lowest BCUT2D eigenvalue weighted by atomic mass is 10.3. The highest BCUT2D eigenvalue weighted by Gasteiger charge is 2.15. The number of aromatic nitrogens is 1. The second-order valence-corrected chi connectivity index (χ2v) is 2.53. The normalized spacial score (nSPS) is 10.1. The summed E-state index contributed by atoms with van der Waals surface area (Å²) in [5.41, 5.74) is -0.0926. The van der Waals surface area contributed by atoms with Crippen molar-refractivity contribution in [3.05, 3.63) is 23.9 Å². The molecule has 1 aromatic rings.